The van der Waals surface area contributed by atoms with E-state index in [1.165, 1.54) is 12.1 Å². The predicted molar refractivity (Wildman–Crippen MR) is 59.1 cm³/mol. The zero-order chi connectivity index (χ0) is 12.4. The minimum absolute atomic E-state index is 0.288. The van der Waals surface area contributed by atoms with E-state index in [4.69, 9.17) is 5.11 Å². The number of hydrogen-bond acceptors (Lipinski definition) is 3. The number of rotatable bonds is 2. The lowest BCUT2D eigenvalue weighted by atomic mass is 10.1. The molecule has 1 aromatic carbocycles. The van der Waals surface area contributed by atoms with Crippen LogP contribution in [0.15, 0.2) is 30.3 Å². The molecular weight excluding hydrogens is 223 g/mol. The lowest BCUT2D eigenvalue weighted by Crippen LogP contribution is -2.06. The molecule has 0 bridgehead atoms. The van der Waals surface area contributed by atoms with Gasteiger partial charge in [0.05, 0.1) is 5.69 Å². The molecule has 0 aliphatic carbocycles. The van der Waals surface area contributed by atoms with E-state index in [1.807, 2.05) is 0 Å². The third kappa shape index (κ3) is 2.44. The number of carboxylic acids is 1. The Bertz CT molecular complexity index is 584. The number of carbonyl (C=O) groups is 1. The fourth-order valence-corrected chi connectivity index (χ4v) is 1.46. The molecule has 0 amide bonds. The normalized spacial score (nSPS) is 10.2. The Morgan fingerprint density at radius 2 is 2.06 bits per heavy atom. The second-order valence-corrected chi connectivity index (χ2v) is 3.53. The fourth-order valence-electron chi connectivity index (χ4n) is 1.46. The maximum absolute atomic E-state index is 13.1. The van der Waals surface area contributed by atoms with Crippen LogP contribution >= 0.6 is 0 Å². The largest absolute Gasteiger partial charge is 0.475 e. The van der Waals surface area contributed by atoms with Crippen molar-refractivity contribution in [3.05, 3.63) is 47.7 Å². The minimum atomic E-state index is -1.20. The van der Waals surface area contributed by atoms with Crippen LogP contribution < -0.4 is 0 Å². The highest BCUT2D eigenvalue weighted by atomic mass is 19.1. The van der Waals surface area contributed by atoms with Gasteiger partial charge in [0.15, 0.2) is 0 Å². The topological polar surface area (TPSA) is 63.1 Å². The van der Waals surface area contributed by atoms with E-state index in [0.717, 1.165) is 0 Å². The van der Waals surface area contributed by atoms with Crippen LogP contribution in [-0.4, -0.2) is 21.0 Å². The molecule has 17 heavy (non-hydrogen) atoms. The van der Waals surface area contributed by atoms with Crippen molar-refractivity contribution in [2.45, 2.75) is 6.92 Å². The fraction of sp³-hybridized carbons (Fsp3) is 0.0833. The molecule has 0 radical (unpaired) electrons. The van der Waals surface area contributed by atoms with E-state index in [9.17, 15) is 9.18 Å². The van der Waals surface area contributed by atoms with Crippen LogP contribution in [0.25, 0.3) is 11.3 Å². The van der Waals surface area contributed by atoms with E-state index in [1.54, 1.807) is 25.1 Å². The number of aromatic nitrogens is 2. The van der Waals surface area contributed by atoms with E-state index in [-0.39, 0.29) is 5.82 Å². The van der Waals surface area contributed by atoms with Crippen molar-refractivity contribution in [2.75, 3.05) is 0 Å². The summed E-state index contributed by atoms with van der Waals surface area (Å²) in [7, 11) is 0. The van der Waals surface area contributed by atoms with Crippen LogP contribution in [0.3, 0.4) is 0 Å². The highest BCUT2D eigenvalue weighted by molar-refractivity contribution is 5.84. The summed E-state index contributed by atoms with van der Waals surface area (Å²) in [5.74, 6) is -1.88. The third-order valence-corrected chi connectivity index (χ3v) is 2.17. The molecule has 0 saturated heterocycles. The Hall–Kier alpha value is -2.30. The first-order valence-corrected chi connectivity index (χ1v) is 4.91. The lowest BCUT2D eigenvalue weighted by Gasteiger charge is -2.03. The van der Waals surface area contributed by atoms with Crippen molar-refractivity contribution in [1.82, 2.24) is 9.97 Å². The molecule has 5 heteroatoms. The number of benzene rings is 1. The van der Waals surface area contributed by atoms with Gasteiger partial charge in [-0.25, -0.2) is 19.2 Å². The second kappa shape index (κ2) is 4.29. The number of halogens is 1. The van der Waals surface area contributed by atoms with Gasteiger partial charge in [0.25, 0.3) is 0 Å². The molecule has 0 aliphatic rings. The summed E-state index contributed by atoms with van der Waals surface area (Å²) in [5, 5.41) is 8.84. The highest BCUT2D eigenvalue weighted by Crippen LogP contribution is 2.18. The van der Waals surface area contributed by atoms with Gasteiger partial charge < -0.3 is 5.11 Å². The van der Waals surface area contributed by atoms with Crippen LogP contribution in [0.2, 0.25) is 0 Å². The number of aryl methyl sites for hydroxylation is 1. The summed E-state index contributed by atoms with van der Waals surface area (Å²) in [5.41, 5.74) is 1.45. The van der Waals surface area contributed by atoms with Gasteiger partial charge in [-0.05, 0) is 25.1 Å². The van der Waals surface area contributed by atoms with Gasteiger partial charge in [-0.1, -0.05) is 12.1 Å². The summed E-state index contributed by atoms with van der Waals surface area (Å²) in [6.07, 6.45) is 0. The predicted octanol–water partition coefficient (Wildman–Crippen LogP) is 2.29. The lowest BCUT2D eigenvalue weighted by molar-refractivity contribution is 0.0683. The van der Waals surface area contributed by atoms with Crippen molar-refractivity contribution in [3.63, 3.8) is 0 Å². The molecule has 0 aliphatic heterocycles. The summed E-state index contributed by atoms with van der Waals surface area (Å²) in [6, 6.07) is 7.43. The van der Waals surface area contributed by atoms with Crippen molar-refractivity contribution in [2.24, 2.45) is 0 Å². The van der Waals surface area contributed by atoms with E-state index >= 15 is 0 Å². The first-order chi connectivity index (χ1) is 8.06. The molecule has 2 rings (SSSR count). The van der Waals surface area contributed by atoms with Gasteiger partial charge in [-0.3, -0.25) is 0 Å². The van der Waals surface area contributed by atoms with Crippen molar-refractivity contribution < 1.29 is 14.3 Å². The average molecular weight is 232 g/mol. The van der Waals surface area contributed by atoms with E-state index in [2.05, 4.69) is 9.97 Å². The maximum atomic E-state index is 13.1. The molecule has 0 saturated carbocycles. The number of nitrogens with zero attached hydrogens (tertiary/aromatic N) is 2. The molecule has 1 N–H and O–H groups in total. The van der Waals surface area contributed by atoms with Crippen LogP contribution in [0, 0.1) is 12.7 Å². The maximum Gasteiger partial charge on any atom is 0.373 e. The van der Waals surface area contributed by atoms with E-state index < -0.39 is 11.8 Å². The van der Waals surface area contributed by atoms with Crippen molar-refractivity contribution in [1.29, 1.82) is 0 Å². The summed E-state index contributed by atoms with van der Waals surface area (Å²) in [6.45, 7) is 1.66. The SMILES string of the molecule is Cc1cc(-c2cccc(F)c2)nc(C(=O)O)n1. The van der Waals surface area contributed by atoms with Gasteiger partial charge in [-0.2, -0.15) is 0 Å². The minimum Gasteiger partial charge on any atom is -0.475 e. The molecule has 4 nitrogen and oxygen atoms in total. The molecule has 2 aromatic rings. The molecule has 0 fully saturated rings. The average Bonchev–Trinajstić information content (AvgIpc) is 2.28. The monoisotopic (exact) mass is 232 g/mol. The van der Waals surface area contributed by atoms with Crippen molar-refractivity contribution >= 4 is 5.97 Å². The molecule has 86 valence electrons. The van der Waals surface area contributed by atoms with Crippen LogP contribution in [0.5, 0.6) is 0 Å². The Kier molecular flexibility index (Phi) is 2.82. The van der Waals surface area contributed by atoms with Crippen molar-refractivity contribution in [3.8, 4) is 11.3 Å². The number of aromatic carboxylic acids is 1. The number of hydrogen-bond donors (Lipinski definition) is 1. The first kappa shape index (κ1) is 11.2. The molecule has 1 heterocycles. The summed E-state index contributed by atoms with van der Waals surface area (Å²) >= 11 is 0. The summed E-state index contributed by atoms with van der Waals surface area (Å²) in [4.78, 5) is 18.4. The molecule has 1 aromatic heterocycles. The van der Waals surface area contributed by atoms with Gasteiger partial charge in [-0.15, -0.1) is 0 Å². The van der Waals surface area contributed by atoms with Gasteiger partial charge in [0.1, 0.15) is 5.82 Å². The smallest absolute Gasteiger partial charge is 0.373 e. The van der Waals surface area contributed by atoms with Crippen LogP contribution in [-0.2, 0) is 0 Å². The Balaban J connectivity index is 2.56. The molecule has 0 atom stereocenters. The van der Waals surface area contributed by atoms with Gasteiger partial charge >= 0.3 is 5.97 Å². The van der Waals surface area contributed by atoms with Gasteiger partial charge in [0, 0.05) is 11.3 Å². The van der Waals surface area contributed by atoms with E-state index in [0.29, 0.717) is 17.0 Å². The third-order valence-electron chi connectivity index (χ3n) is 2.17. The Morgan fingerprint density at radius 1 is 1.29 bits per heavy atom. The van der Waals surface area contributed by atoms with Gasteiger partial charge in [0.2, 0.25) is 5.82 Å². The Labute approximate surface area is 96.8 Å². The van der Waals surface area contributed by atoms with Crippen LogP contribution in [0.1, 0.15) is 16.3 Å². The molecule has 0 unspecified atom stereocenters. The molecule has 0 spiro atoms. The zero-order valence-electron chi connectivity index (χ0n) is 9.01. The second-order valence-electron chi connectivity index (χ2n) is 3.53. The standard InChI is InChI=1S/C12H9FN2O2/c1-7-5-10(15-11(14-7)12(16)17)8-3-2-4-9(13)6-8/h2-6H,1H3,(H,16,17). The van der Waals surface area contributed by atoms with Crippen LogP contribution in [0.4, 0.5) is 4.39 Å². The molecular formula is C12H9FN2O2. The summed E-state index contributed by atoms with van der Waals surface area (Å²) < 4.78 is 13.1. The quantitative estimate of drug-likeness (QED) is 0.862. The Morgan fingerprint density at radius 3 is 2.71 bits per heavy atom. The highest BCUT2D eigenvalue weighted by Gasteiger charge is 2.10. The first-order valence-electron chi connectivity index (χ1n) is 4.91. The number of carboxylic acid groups (broad SMARTS) is 1. The zero-order valence-corrected chi connectivity index (χ0v) is 9.01.